The average molecular weight is 180 g/mol. The number of nitrogens with one attached hydrogen (secondary N) is 1. The molecule has 0 aromatic carbocycles. The molecule has 0 saturated carbocycles. The Hall–Kier alpha value is -0.830. The highest BCUT2D eigenvalue weighted by Gasteiger charge is 2.32. The summed E-state index contributed by atoms with van der Waals surface area (Å²) in [4.78, 5) is 0. The van der Waals surface area contributed by atoms with Crippen LogP contribution in [0.2, 0.25) is 0 Å². The van der Waals surface area contributed by atoms with Gasteiger partial charge in [0, 0.05) is 17.7 Å². The molecular formula is C10H16N2O. The Bertz CT molecular complexity index is 298. The monoisotopic (exact) mass is 180 g/mol. The number of H-pyrrole nitrogens is 1. The minimum Gasteiger partial charge on any atom is -0.372 e. The third-order valence-corrected chi connectivity index (χ3v) is 2.46. The van der Waals surface area contributed by atoms with Crippen molar-refractivity contribution in [3.05, 3.63) is 17.5 Å². The minimum absolute atomic E-state index is 0.152. The van der Waals surface area contributed by atoms with Gasteiger partial charge in [-0.25, -0.2) is 0 Å². The van der Waals surface area contributed by atoms with Crippen molar-refractivity contribution >= 4 is 0 Å². The maximum Gasteiger partial charge on any atom is 0.0906 e. The van der Waals surface area contributed by atoms with Gasteiger partial charge in [-0.3, -0.25) is 5.10 Å². The van der Waals surface area contributed by atoms with Gasteiger partial charge in [-0.05, 0) is 5.41 Å². The molecule has 1 aliphatic rings. The summed E-state index contributed by atoms with van der Waals surface area (Å²) in [5.41, 5.74) is 2.63. The lowest BCUT2D eigenvalue weighted by Gasteiger charge is -2.33. The summed E-state index contributed by atoms with van der Waals surface area (Å²) < 4.78 is 5.77. The average Bonchev–Trinajstić information content (AvgIpc) is 2.48. The van der Waals surface area contributed by atoms with Gasteiger partial charge >= 0.3 is 0 Å². The molecular weight excluding hydrogens is 164 g/mol. The molecule has 1 aromatic rings. The SMILES string of the molecule is CC(C)(C)C1OCCc2[nH]ncc21. The van der Waals surface area contributed by atoms with Crippen LogP contribution in [0.15, 0.2) is 6.20 Å². The fourth-order valence-electron chi connectivity index (χ4n) is 1.83. The molecule has 2 rings (SSSR count). The molecule has 3 nitrogen and oxygen atoms in total. The summed E-state index contributed by atoms with van der Waals surface area (Å²) >= 11 is 0. The van der Waals surface area contributed by atoms with E-state index in [2.05, 4.69) is 31.0 Å². The zero-order valence-corrected chi connectivity index (χ0v) is 8.42. The summed E-state index contributed by atoms with van der Waals surface area (Å²) in [6, 6.07) is 0. The maximum atomic E-state index is 5.77. The smallest absolute Gasteiger partial charge is 0.0906 e. The van der Waals surface area contributed by atoms with Crippen LogP contribution in [-0.4, -0.2) is 16.8 Å². The van der Waals surface area contributed by atoms with E-state index in [1.54, 1.807) is 0 Å². The summed E-state index contributed by atoms with van der Waals surface area (Å²) in [6.07, 6.45) is 3.04. The molecule has 1 unspecified atom stereocenters. The number of aromatic nitrogens is 2. The standard InChI is InChI=1S/C10H16N2O/c1-10(2,3)9-7-6-11-12-8(7)4-5-13-9/h6,9H,4-5H2,1-3H3,(H,11,12). The lowest BCUT2D eigenvalue weighted by atomic mass is 9.83. The van der Waals surface area contributed by atoms with Crippen LogP contribution in [0.3, 0.4) is 0 Å². The van der Waals surface area contributed by atoms with Crippen LogP contribution < -0.4 is 0 Å². The third kappa shape index (κ3) is 1.48. The molecule has 0 aliphatic carbocycles. The molecule has 0 spiro atoms. The Kier molecular flexibility index (Phi) is 1.91. The highest BCUT2D eigenvalue weighted by Crippen LogP contribution is 2.39. The summed E-state index contributed by atoms with van der Waals surface area (Å²) in [5.74, 6) is 0. The van der Waals surface area contributed by atoms with Crippen LogP contribution >= 0.6 is 0 Å². The highest BCUT2D eigenvalue weighted by molar-refractivity contribution is 5.23. The molecule has 72 valence electrons. The number of fused-ring (bicyclic) bond motifs is 1. The van der Waals surface area contributed by atoms with Crippen molar-refractivity contribution < 1.29 is 4.74 Å². The third-order valence-electron chi connectivity index (χ3n) is 2.46. The summed E-state index contributed by atoms with van der Waals surface area (Å²) in [6.45, 7) is 7.39. The van der Waals surface area contributed by atoms with Gasteiger partial charge in [0.05, 0.1) is 18.9 Å². The molecule has 0 saturated heterocycles. The van der Waals surface area contributed by atoms with Gasteiger partial charge in [0.25, 0.3) is 0 Å². The van der Waals surface area contributed by atoms with E-state index >= 15 is 0 Å². The van der Waals surface area contributed by atoms with Crippen molar-refractivity contribution in [1.82, 2.24) is 10.2 Å². The van der Waals surface area contributed by atoms with Gasteiger partial charge in [-0.15, -0.1) is 0 Å². The van der Waals surface area contributed by atoms with Gasteiger partial charge in [-0.2, -0.15) is 5.10 Å². The van der Waals surface area contributed by atoms with E-state index < -0.39 is 0 Å². The first kappa shape index (κ1) is 8.75. The molecule has 1 N–H and O–H groups in total. The first-order valence-electron chi connectivity index (χ1n) is 4.73. The van der Waals surface area contributed by atoms with Crippen LogP contribution in [0.5, 0.6) is 0 Å². The Morgan fingerprint density at radius 2 is 2.31 bits per heavy atom. The molecule has 1 aromatic heterocycles. The van der Waals surface area contributed by atoms with Gasteiger partial charge in [-0.1, -0.05) is 20.8 Å². The van der Waals surface area contributed by atoms with Crippen molar-refractivity contribution in [3.63, 3.8) is 0 Å². The van der Waals surface area contributed by atoms with E-state index in [9.17, 15) is 0 Å². The molecule has 0 bridgehead atoms. The molecule has 0 fully saturated rings. The van der Waals surface area contributed by atoms with E-state index in [1.807, 2.05) is 6.20 Å². The van der Waals surface area contributed by atoms with Crippen LogP contribution in [0.4, 0.5) is 0 Å². The highest BCUT2D eigenvalue weighted by atomic mass is 16.5. The molecule has 13 heavy (non-hydrogen) atoms. The topological polar surface area (TPSA) is 37.9 Å². The van der Waals surface area contributed by atoms with E-state index in [1.165, 1.54) is 11.3 Å². The Labute approximate surface area is 78.5 Å². The second-order valence-electron chi connectivity index (χ2n) is 4.67. The first-order chi connectivity index (χ1) is 6.09. The van der Waals surface area contributed by atoms with Gasteiger partial charge in [0.1, 0.15) is 0 Å². The minimum atomic E-state index is 0.152. The van der Waals surface area contributed by atoms with Crippen molar-refractivity contribution in [1.29, 1.82) is 0 Å². The molecule has 0 radical (unpaired) electrons. The van der Waals surface area contributed by atoms with Crippen LogP contribution in [0.1, 0.15) is 38.1 Å². The van der Waals surface area contributed by atoms with E-state index in [4.69, 9.17) is 4.74 Å². The predicted molar refractivity (Wildman–Crippen MR) is 50.4 cm³/mol. The molecule has 2 heterocycles. The molecule has 3 heteroatoms. The van der Waals surface area contributed by atoms with Gasteiger partial charge < -0.3 is 4.74 Å². The Morgan fingerprint density at radius 3 is 3.00 bits per heavy atom. The molecule has 1 aliphatic heterocycles. The Morgan fingerprint density at radius 1 is 1.54 bits per heavy atom. The maximum absolute atomic E-state index is 5.77. The summed E-state index contributed by atoms with van der Waals surface area (Å²) in [5, 5.41) is 7.09. The summed E-state index contributed by atoms with van der Waals surface area (Å²) in [7, 11) is 0. The predicted octanol–water partition coefficient (Wildman–Crippen LogP) is 2.07. The number of hydrogen-bond acceptors (Lipinski definition) is 2. The molecule has 0 amide bonds. The quantitative estimate of drug-likeness (QED) is 0.663. The largest absolute Gasteiger partial charge is 0.372 e. The van der Waals surface area contributed by atoms with E-state index in [-0.39, 0.29) is 11.5 Å². The fourth-order valence-corrected chi connectivity index (χ4v) is 1.83. The zero-order chi connectivity index (χ0) is 9.47. The lowest BCUT2D eigenvalue weighted by Crippen LogP contribution is -2.26. The first-order valence-corrected chi connectivity index (χ1v) is 4.73. The van der Waals surface area contributed by atoms with E-state index in [0.29, 0.717) is 0 Å². The number of nitrogens with zero attached hydrogens (tertiary/aromatic N) is 1. The van der Waals surface area contributed by atoms with Crippen LogP contribution in [0, 0.1) is 5.41 Å². The number of rotatable bonds is 0. The number of hydrogen-bond donors (Lipinski definition) is 1. The van der Waals surface area contributed by atoms with Gasteiger partial charge in [0.2, 0.25) is 0 Å². The van der Waals surface area contributed by atoms with Crippen LogP contribution in [0.25, 0.3) is 0 Å². The molecule has 1 atom stereocenters. The van der Waals surface area contributed by atoms with Crippen molar-refractivity contribution in [3.8, 4) is 0 Å². The second-order valence-corrected chi connectivity index (χ2v) is 4.67. The zero-order valence-electron chi connectivity index (χ0n) is 8.42. The van der Waals surface area contributed by atoms with Crippen molar-refractivity contribution in [2.45, 2.75) is 33.3 Å². The Balaban J connectivity index is 2.35. The number of ether oxygens (including phenoxy) is 1. The van der Waals surface area contributed by atoms with Crippen molar-refractivity contribution in [2.75, 3.05) is 6.61 Å². The van der Waals surface area contributed by atoms with Crippen LogP contribution in [-0.2, 0) is 11.2 Å². The lowest BCUT2D eigenvalue weighted by molar-refractivity contribution is -0.0287. The van der Waals surface area contributed by atoms with Gasteiger partial charge in [0.15, 0.2) is 0 Å². The number of aromatic amines is 1. The fraction of sp³-hybridized carbons (Fsp3) is 0.700. The van der Waals surface area contributed by atoms with E-state index in [0.717, 1.165) is 13.0 Å². The second kappa shape index (κ2) is 2.84. The normalized spacial score (nSPS) is 22.8. The van der Waals surface area contributed by atoms with Crippen molar-refractivity contribution in [2.24, 2.45) is 5.41 Å².